The van der Waals surface area contributed by atoms with E-state index in [1.54, 1.807) is 25.7 Å². The van der Waals surface area contributed by atoms with Crippen molar-refractivity contribution in [2.24, 2.45) is 5.92 Å². The second-order valence-electron chi connectivity index (χ2n) is 13.1. The van der Waals surface area contributed by atoms with E-state index in [1.165, 1.54) is 4.90 Å². The molecule has 0 spiro atoms. The molecular weight excluding hydrogens is 568 g/mol. The fraction of sp³-hybridized carbons (Fsp3) is 0.594. The van der Waals surface area contributed by atoms with Crippen molar-refractivity contribution >= 4 is 35.7 Å². The average Bonchev–Trinajstić information content (AvgIpc) is 3.27. The lowest BCUT2D eigenvalue weighted by atomic mass is 10.0. The van der Waals surface area contributed by atoms with Gasteiger partial charge in [-0.3, -0.25) is 14.5 Å². The standard InChI is InChI=1S/C32H42N4O8/c1-31(2,3)44-29(41)33-23-13-8-6-4-5-7-12-21-18-32(21,28(39)40)34-26(37)25-17-22(19-36(25)27(23)38)43-30(42)35-16-15-20-11-9-10-14-24(20)35/h7,9-12,14,21-23,25H,4-6,8,13,15-19H2,1-3H3,(H,33,41)(H,34,37)(H,39,40)/b12-7+/t21-,22-,23+,25+,32-/m1/s1. The number of rotatable bonds is 3. The first-order valence-corrected chi connectivity index (χ1v) is 15.5. The number of fused-ring (bicyclic) bond motifs is 3. The van der Waals surface area contributed by atoms with Crippen LogP contribution in [0.2, 0.25) is 0 Å². The largest absolute Gasteiger partial charge is 0.479 e. The molecule has 5 atom stereocenters. The molecule has 3 aliphatic heterocycles. The van der Waals surface area contributed by atoms with E-state index in [1.807, 2.05) is 36.4 Å². The molecule has 5 rings (SSSR count). The summed E-state index contributed by atoms with van der Waals surface area (Å²) in [5.41, 5.74) is -0.447. The number of allylic oxidation sites excluding steroid dienone is 1. The molecule has 4 amide bonds. The summed E-state index contributed by atoms with van der Waals surface area (Å²) in [6, 6.07) is 5.47. The van der Waals surface area contributed by atoms with Gasteiger partial charge in [-0.2, -0.15) is 0 Å². The average molecular weight is 611 g/mol. The first-order valence-electron chi connectivity index (χ1n) is 15.5. The highest BCUT2D eigenvalue weighted by molar-refractivity contribution is 5.96. The van der Waals surface area contributed by atoms with Gasteiger partial charge in [0, 0.05) is 18.9 Å². The fourth-order valence-electron chi connectivity index (χ4n) is 6.33. The number of benzene rings is 1. The van der Waals surface area contributed by atoms with Crippen molar-refractivity contribution in [1.29, 1.82) is 0 Å². The summed E-state index contributed by atoms with van der Waals surface area (Å²) in [5.74, 6) is -2.63. The molecule has 1 saturated heterocycles. The number of carboxylic acids is 1. The van der Waals surface area contributed by atoms with E-state index in [4.69, 9.17) is 9.47 Å². The third kappa shape index (κ3) is 6.84. The summed E-state index contributed by atoms with van der Waals surface area (Å²) in [4.78, 5) is 69.0. The van der Waals surface area contributed by atoms with Gasteiger partial charge in [-0.25, -0.2) is 14.4 Å². The molecule has 4 aliphatic rings. The van der Waals surface area contributed by atoms with Gasteiger partial charge >= 0.3 is 18.2 Å². The van der Waals surface area contributed by atoms with Crippen LogP contribution >= 0.6 is 0 Å². The van der Waals surface area contributed by atoms with Gasteiger partial charge in [-0.15, -0.1) is 0 Å². The van der Waals surface area contributed by atoms with Crippen LogP contribution in [0.15, 0.2) is 36.4 Å². The Morgan fingerprint density at radius 1 is 1.11 bits per heavy atom. The predicted octanol–water partition coefficient (Wildman–Crippen LogP) is 3.53. The van der Waals surface area contributed by atoms with Gasteiger partial charge in [0.2, 0.25) is 11.8 Å². The van der Waals surface area contributed by atoms with Gasteiger partial charge in [0.15, 0.2) is 0 Å². The number of aliphatic carboxylic acids is 1. The topological polar surface area (TPSA) is 155 Å². The zero-order chi connectivity index (χ0) is 31.6. The number of carbonyl (C=O) groups excluding carboxylic acids is 4. The number of carboxylic acid groups (broad SMARTS) is 1. The third-order valence-corrected chi connectivity index (χ3v) is 8.69. The number of alkyl carbamates (subject to hydrolysis) is 1. The van der Waals surface area contributed by atoms with Gasteiger partial charge in [-0.1, -0.05) is 43.2 Å². The van der Waals surface area contributed by atoms with Crippen LogP contribution in [0.4, 0.5) is 15.3 Å². The monoisotopic (exact) mass is 610 g/mol. The highest BCUT2D eigenvalue weighted by Gasteiger charge is 2.61. The zero-order valence-electron chi connectivity index (χ0n) is 25.5. The molecule has 3 N–H and O–H groups in total. The molecule has 0 radical (unpaired) electrons. The number of carbonyl (C=O) groups is 5. The molecule has 1 aliphatic carbocycles. The number of hydrogen-bond donors (Lipinski definition) is 3. The Morgan fingerprint density at radius 3 is 2.64 bits per heavy atom. The van der Waals surface area contributed by atoms with Crippen molar-refractivity contribution in [3.63, 3.8) is 0 Å². The van der Waals surface area contributed by atoms with Gasteiger partial charge in [-0.05, 0) is 64.5 Å². The molecule has 12 nitrogen and oxygen atoms in total. The third-order valence-electron chi connectivity index (χ3n) is 8.69. The molecule has 1 aromatic carbocycles. The normalized spacial score (nSPS) is 29.6. The van der Waals surface area contributed by atoms with Crippen LogP contribution in [0, 0.1) is 5.92 Å². The minimum atomic E-state index is -1.45. The van der Waals surface area contributed by atoms with Crippen molar-refractivity contribution in [3.8, 4) is 0 Å². The smallest absolute Gasteiger partial charge is 0.414 e. The molecule has 3 heterocycles. The van der Waals surface area contributed by atoms with E-state index in [0.29, 0.717) is 25.8 Å². The van der Waals surface area contributed by atoms with Crippen LogP contribution in [-0.2, 0) is 30.3 Å². The van der Waals surface area contributed by atoms with Crippen molar-refractivity contribution in [3.05, 3.63) is 42.0 Å². The molecule has 238 valence electrons. The number of ether oxygens (including phenoxy) is 2. The summed E-state index contributed by atoms with van der Waals surface area (Å²) < 4.78 is 11.3. The van der Waals surface area contributed by atoms with E-state index in [9.17, 15) is 29.1 Å². The van der Waals surface area contributed by atoms with Crippen LogP contribution in [0.5, 0.6) is 0 Å². The fourth-order valence-corrected chi connectivity index (χ4v) is 6.33. The lowest BCUT2D eigenvalue weighted by Gasteiger charge is -2.30. The first kappa shape index (κ1) is 31.3. The first-order chi connectivity index (χ1) is 20.9. The molecule has 0 aromatic heterocycles. The van der Waals surface area contributed by atoms with E-state index in [0.717, 1.165) is 30.5 Å². The van der Waals surface area contributed by atoms with Crippen LogP contribution in [0.25, 0.3) is 0 Å². The molecular formula is C32H42N4O8. The van der Waals surface area contributed by atoms with Crippen LogP contribution < -0.4 is 15.5 Å². The zero-order valence-corrected chi connectivity index (χ0v) is 25.5. The van der Waals surface area contributed by atoms with Crippen molar-refractivity contribution in [2.75, 3.05) is 18.0 Å². The Kier molecular flexibility index (Phi) is 8.90. The Labute approximate surface area is 257 Å². The Bertz CT molecular complexity index is 1340. The lowest BCUT2D eigenvalue weighted by molar-refractivity contribution is -0.145. The molecule has 44 heavy (non-hydrogen) atoms. The van der Waals surface area contributed by atoms with Gasteiger partial charge < -0.3 is 30.1 Å². The van der Waals surface area contributed by atoms with E-state index < -0.39 is 59.3 Å². The Morgan fingerprint density at radius 2 is 1.89 bits per heavy atom. The van der Waals surface area contributed by atoms with Gasteiger partial charge in [0.1, 0.15) is 29.3 Å². The van der Waals surface area contributed by atoms with E-state index >= 15 is 0 Å². The number of amides is 4. The number of nitrogens with one attached hydrogen (secondary N) is 2. The summed E-state index contributed by atoms with van der Waals surface area (Å²) in [7, 11) is 0. The molecule has 2 fully saturated rings. The minimum Gasteiger partial charge on any atom is -0.479 e. The van der Waals surface area contributed by atoms with Crippen LogP contribution in [0.1, 0.15) is 71.3 Å². The number of para-hydroxylation sites is 1. The van der Waals surface area contributed by atoms with Crippen molar-refractivity contribution < 1.29 is 38.6 Å². The maximum atomic E-state index is 14.1. The number of hydrogen-bond acceptors (Lipinski definition) is 7. The van der Waals surface area contributed by atoms with Gasteiger partial charge in [0.25, 0.3) is 0 Å². The molecule has 1 saturated carbocycles. The minimum absolute atomic E-state index is 0.00579. The maximum absolute atomic E-state index is 14.1. The summed E-state index contributed by atoms with van der Waals surface area (Å²) in [5, 5.41) is 15.4. The SMILES string of the molecule is CC(C)(C)OC(=O)N[C@H]1CCCCC/C=C/[C@@H]2C[C@@]2(C(=O)O)NC(=O)[C@@H]2C[C@@H](OC(=O)N3CCc4ccccc43)CN2C1=O. The number of anilines is 1. The molecule has 0 unspecified atom stereocenters. The van der Waals surface area contributed by atoms with E-state index in [-0.39, 0.29) is 25.3 Å². The molecule has 0 bridgehead atoms. The Balaban J connectivity index is 1.39. The summed E-state index contributed by atoms with van der Waals surface area (Å²) in [6.45, 7) is 5.55. The second kappa shape index (κ2) is 12.5. The molecule has 1 aromatic rings. The summed E-state index contributed by atoms with van der Waals surface area (Å²) in [6.07, 6.45) is 5.90. The maximum Gasteiger partial charge on any atom is 0.414 e. The molecule has 12 heteroatoms. The lowest BCUT2D eigenvalue weighted by Crippen LogP contribution is -2.56. The van der Waals surface area contributed by atoms with Gasteiger partial charge in [0.05, 0.1) is 12.2 Å². The highest BCUT2D eigenvalue weighted by Crippen LogP contribution is 2.45. The predicted molar refractivity (Wildman–Crippen MR) is 160 cm³/mol. The second-order valence-corrected chi connectivity index (χ2v) is 13.1. The van der Waals surface area contributed by atoms with Crippen LogP contribution in [-0.4, -0.2) is 82.4 Å². The highest BCUT2D eigenvalue weighted by atomic mass is 16.6. The Hall–Kier alpha value is -4.09. The summed E-state index contributed by atoms with van der Waals surface area (Å²) >= 11 is 0. The van der Waals surface area contributed by atoms with Crippen molar-refractivity contribution in [2.45, 2.75) is 101 Å². The number of nitrogens with zero attached hydrogens (tertiary/aromatic N) is 2. The quantitative estimate of drug-likeness (QED) is 0.439. The van der Waals surface area contributed by atoms with Crippen LogP contribution in [0.3, 0.4) is 0 Å². The van der Waals surface area contributed by atoms with Crippen molar-refractivity contribution in [1.82, 2.24) is 15.5 Å². The van der Waals surface area contributed by atoms with E-state index in [2.05, 4.69) is 10.6 Å².